The summed E-state index contributed by atoms with van der Waals surface area (Å²) in [6.45, 7) is 4.49. The van der Waals surface area contributed by atoms with E-state index in [0.717, 1.165) is 19.3 Å². The molecular formula is C17H22OS. The Morgan fingerprint density at radius 1 is 1.26 bits per heavy atom. The molecular weight excluding hydrogens is 252 g/mol. The third-order valence-electron chi connectivity index (χ3n) is 4.69. The lowest BCUT2D eigenvalue weighted by atomic mass is 9.67. The van der Waals surface area contributed by atoms with Gasteiger partial charge in [0.2, 0.25) is 0 Å². The number of aliphatic hydroxyl groups is 1. The smallest absolute Gasteiger partial charge is 0.0940 e. The fourth-order valence-corrected chi connectivity index (χ4v) is 4.73. The van der Waals surface area contributed by atoms with Gasteiger partial charge in [0.15, 0.2) is 0 Å². The topological polar surface area (TPSA) is 20.2 Å². The first kappa shape index (κ1) is 13.1. The second-order valence-corrected chi connectivity index (χ2v) is 7.08. The average Bonchev–Trinajstić information content (AvgIpc) is 2.86. The van der Waals surface area contributed by atoms with Crippen molar-refractivity contribution in [1.29, 1.82) is 0 Å². The molecule has 2 atom stereocenters. The summed E-state index contributed by atoms with van der Waals surface area (Å²) < 4.78 is 1.28. The summed E-state index contributed by atoms with van der Waals surface area (Å²) in [4.78, 5) is 0. The summed E-state index contributed by atoms with van der Waals surface area (Å²) in [5.74, 6) is 0.912. The van der Waals surface area contributed by atoms with Crippen molar-refractivity contribution in [2.75, 3.05) is 0 Å². The van der Waals surface area contributed by atoms with Crippen LogP contribution in [0.15, 0.2) is 29.6 Å². The molecule has 1 aromatic heterocycles. The normalized spacial score (nSPS) is 28.1. The Hall–Kier alpha value is -0.860. The number of fused-ring (bicyclic) bond motifs is 1. The van der Waals surface area contributed by atoms with E-state index in [4.69, 9.17) is 0 Å². The Morgan fingerprint density at radius 2 is 2.11 bits per heavy atom. The second-order valence-electron chi connectivity index (χ2n) is 6.17. The van der Waals surface area contributed by atoms with Gasteiger partial charge in [0.25, 0.3) is 0 Å². The van der Waals surface area contributed by atoms with Crippen molar-refractivity contribution in [3.8, 4) is 0 Å². The molecule has 1 nitrogen and oxygen atoms in total. The predicted molar refractivity (Wildman–Crippen MR) is 82.5 cm³/mol. The Balaban J connectivity index is 2.14. The van der Waals surface area contributed by atoms with Crippen LogP contribution in [0.25, 0.3) is 10.1 Å². The van der Waals surface area contributed by atoms with E-state index in [9.17, 15) is 5.11 Å². The van der Waals surface area contributed by atoms with Crippen LogP contribution in [0.1, 0.15) is 45.1 Å². The second kappa shape index (κ2) is 4.92. The molecule has 1 saturated carbocycles. The fourth-order valence-electron chi connectivity index (χ4n) is 3.74. The summed E-state index contributed by atoms with van der Waals surface area (Å²) in [7, 11) is 0. The zero-order chi connectivity index (χ0) is 13.5. The van der Waals surface area contributed by atoms with Gasteiger partial charge in [0.05, 0.1) is 5.60 Å². The lowest BCUT2D eigenvalue weighted by Gasteiger charge is -2.43. The average molecular weight is 274 g/mol. The van der Waals surface area contributed by atoms with E-state index in [1.54, 1.807) is 11.3 Å². The minimum absolute atomic E-state index is 0.383. The monoisotopic (exact) mass is 274 g/mol. The molecule has 0 saturated heterocycles. The van der Waals surface area contributed by atoms with Gasteiger partial charge in [-0.25, -0.2) is 0 Å². The standard InChI is InChI=1S/C17H22OS/c1-12(2)14-7-3-4-10-17(14,18)15-8-5-6-13-9-11-19-16(13)15/h5-6,8-9,11-12,14,18H,3-4,7,10H2,1-2H3. The molecule has 2 unspecified atom stereocenters. The maximum Gasteiger partial charge on any atom is 0.0940 e. The van der Waals surface area contributed by atoms with Gasteiger partial charge in [-0.2, -0.15) is 0 Å². The third-order valence-corrected chi connectivity index (χ3v) is 5.65. The molecule has 2 aromatic rings. The van der Waals surface area contributed by atoms with Crippen molar-refractivity contribution in [3.63, 3.8) is 0 Å². The SMILES string of the molecule is CC(C)C1CCCCC1(O)c1cccc2ccsc12. The number of hydrogen-bond acceptors (Lipinski definition) is 2. The van der Waals surface area contributed by atoms with E-state index in [2.05, 4.69) is 43.5 Å². The van der Waals surface area contributed by atoms with E-state index >= 15 is 0 Å². The zero-order valence-electron chi connectivity index (χ0n) is 11.7. The third kappa shape index (κ3) is 2.11. The first-order valence-electron chi connectivity index (χ1n) is 7.32. The molecule has 2 heteroatoms. The lowest BCUT2D eigenvalue weighted by molar-refractivity contribution is -0.0708. The maximum absolute atomic E-state index is 11.4. The van der Waals surface area contributed by atoms with Gasteiger partial charge >= 0.3 is 0 Å². The quantitative estimate of drug-likeness (QED) is 0.822. The highest BCUT2D eigenvalue weighted by Gasteiger charge is 2.42. The Labute approximate surface area is 119 Å². The number of benzene rings is 1. The van der Waals surface area contributed by atoms with Crippen molar-refractivity contribution in [2.45, 2.75) is 45.1 Å². The highest BCUT2D eigenvalue weighted by Crippen LogP contribution is 2.47. The number of hydrogen-bond donors (Lipinski definition) is 1. The van der Waals surface area contributed by atoms with Gasteiger partial charge in [-0.15, -0.1) is 11.3 Å². The summed E-state index contributed by atoms with van der Waals surface area (Å²) in [5, 5.41) is 14.8. The molecule has 19 heavy (non-hydrogen) atoms. The van der Waals surface area contributed by atoms with Gasteiger partial charge in [-0.3, -0.25) is 0 Å². The Kier molecular flexibility index (Phi) is 3.40. The molecule has 1 aliphatic rings. The van der Waals surface area contributed by atoms with Crippen LogP contribution in [0, 0.1) is 11.8 Å². The zero-order valence-corrected chi connectivity index (χ0v) is 12.5. The molecule has 1 aliphatic carbocycles. The molecule has 1 heterocycles. The highest BCUT2D eigenvalue weighted by atomic mass is 32.1. The van der Waals surface area contributed by atoms with E-state index in [1.807, 2.05) is 0 Å². The van der Waals surface area contributed by atoms with Crippen LogP contribution in [0.4, 0.5) is 0 Å². The van der Waals surface area contributed by atoms with Crippen LogP contribution in [0.3, 0.4) is 0 Å². The minimum Gasteiger partial charge on any atom is -0.385 e. The van der Waals surface area contributed by atoms with Crippen molar-refractivity contribution in [1.82, 2.24) is 0 Å². The fraction of sp³-hybridized carbons (Fsp3) is 0.529. The van der Waals surface area contributed by atoms with Crippen molar-refractivity contribution in [2.24, 2.45) is 11.8 Å². The predicted octanol–water partition coefficient (Wildman–Crippen LogP) is 4.94. The van der Waals surface area contributed by atoms with Crippen LogP contribution < -0.4 is 0 Å². The van der Waals surface area contributed by atoms with E-state index in [1.165, 1.54) is 22.1 Å². The maximum atomic E-state index is 11.4. The van der Waals surface area contributed by atoms with E-state index < -0.39 is 5.60 Å². The highest BCUT2D eigenvalue weighted by molar-refractivity contribution is 7.17. The molecule has 0 bridgehead atoms. The molecule has 0 aliphatic heterocycles. The minimum atomic E-state index is -0.628. The Morgan fingerprint density at radius 3 is 2.89 bits per heavy atom. The summed E-state index contributed by atoms with van der Waals surface area (Å²) in [6.07, 6.45) is 4.45. The molecule has 0 spiro atoms. The van der Waals surface area contributed by atoms with Gasteiger partial charge in [0.1, 0.15) is 0 Å². The van der Waals surface area contributed by atoms with E-state index in [0.29, 0.717) is 11.8 Å². The van der Waals surface area contributed by atoms with Crippen molar-refractivity contribution < 1.29 is 5.11 Å². The molecule has 1 fully saturated rings. The Bertz CT molecular complexity index is 571. The first-order valence-corrected chi connectivity index (χ1v) is 8.20. The van der Waals surface area contributed by atoms with Crippen LogP contribution in [-0.4, -0.2) is 5.11 Å². The largest absolute Gasteiger partial charge is 0.385 e. The molecule has 1 aromatic carbocycles. The first-order chi connectivity index (χ1) is 9.13. The van der Waals surface area contributed by atoms with E-state index in [-0.39, 0.29) is 0 Å². The number of rotatable bonds is 2. The van der Waals surface area contributed by atoms with Crippen molar-refractivity contribution in [3.05, 3.63) is 35.2 Å². The van der Waals surface area contributed by atoms with Crippen LogP contribution in [-0.2, 0) is 5.60 Å². The summed E-state index contributed by atoms with van der Waals surface area (Å²) >= 11 is 1.76. The van der Waals surface area contributed by atoms with Crippen LogP contribution in [0.5, 0.6) is 0 Å². The van der Waals surface area contributed by atoms with Crippen LogP contribution >= 0.6 is 11.3 Å². The summed E-state index contributed by atoms with van der Waals surface area (Å²) in [6, 6.07) is 8.53. The van der Waals surface area contributed by atoms with Gasteiger partial charge < -0.3 is 5.11 Å². The van der Waals surface area contributed by atoms with Gasteiger partial charge in [-0.05, 0) is 41.5 Å². The molecule has 0 radical (unpaired) electrons. The molecule has 1 N–H and O–H groups in total. The molecule has 102 valence electrons. The lowest BCUT2D eigenvalue weighted by Crippen LogP contribution is -2.40. The molecule has 0 amide bonds. The van der Waals surface area contributed by atoms with Gasteiger partial charge in [-0.1, -0.05) is 44.9 Å². The molecule has 3 rings (SSSR count). The van der Waals surface area contributed by atoms with Crippen LogP contribution in [0.2, 0.25) is 0 Å². The van der Waals surface area contributed by atoms with Crippen molar-refractivity contribution >= 4 is 21.4 Å². The van der Waals surface area contributed by atoms with Gasteiger partial charge in [0, 0.05) is 10.3 Å². The number of thiophene rings is 1. The summed E-state index contributed by atoms with van der Waals surface area (Å²) in [5.41, 5.74) is 0.537.